The summed E-state index contributed by atoms with van der Waals surface area (Å²) in [5, 5.41) is 20.0. The molecule has 2 rings (SSSR count). The van der Waals surface area contributed by atoms with Crippen LogP contribution in [0.15, 0.2) is 22.7 Å². The maximum absolute atomic E-state index is 8.72. The number of nitrogens with zero attached hydrogens (tertiary/aromatic N) is 4. The van der Waals surface area contributed by atoms with E-state index in [2.05, 4.69) is 27.4 Å². The maximum Gasteiger partial charge on any atom is 0.266 e. The van der Waals surface area contributed by atoms with Gasteiger partial charge in [0.1, 0.15) is 11.8 Å². The van der Waals surface area contributed by atoms with Gasteiger partial charge in [-0.3, -0.25) is 0 Å². The molecular weight excluding hydrogens is 242 g/mol. The molecular formula is C13H15N5O. The van der Waals surface area contributed by atoms with Gasteiger partial charge < -0.3 is 9.73 Å². The molecule has 2 aromatic rings. The van der Waals surface area contributed by atoms with Gasteiger partial charge in [-0.15, -0.1) is 10.2 Å². The molecule has 0 fully saturated rings. The molecule has 0 aliphatic carbocycles. The molecule has 0 aromatic carbocycles. The van der Waals surface area contributed by atoms with Crippen LogP contribution in [0.2, 0.25) is 0 Å². The Morgan fingerprint density at radius 2 is 2.21 bits per heavy atom. The predicted molar refractivity (Wildman–Crippen MR) is 69.0 cm³/mol. The van der Waals surface area contributed by atoms with Crippen LogP contribution >= 0.6 is 0 Å². The highest BCUT2D eigenvalue weighted by molar-refractivity contribution is 5.47. The molecule has 6 heteroatoms. The van der Waals surface area contributed by atoms with Gasteiger partial charge in [-0.25, -0.2) is 4.98 Å². The third-order valence-corrected chi connectivity index (χ3v) is 2.71. The largest absolute Gasteiger partial charge is 0.418 e. The van der Waals surface area contributed by atoms with Crippen LogP contribution < -0.4 is 5.32 Å². The van der Waals surface area contributed by atoms with Gasteiger partial charge in [0.25, 0.3) is 5.89 Å². The van der Waals surface area contributed by atoms with Crippen molar-refractivity contribution in [2.75, 3.05) is 6.54 Å². The Morgan fingerprint density at radius 1 is 1.37 bits per heavy atom. The summed E-state index contributed by atoms with van der Waals surface area (Å²) >= 11 is 0. The number of aromatic nitrogens is 3. The number of hydrogen-bond donors (Lipinski definition) is 1. The van der Waals surface area contributed by atoms with Crippen LogP contribution in [0.4, 0.5) is 0 Å². The first-order valence-electron chi connectivity index (χ1n) is 6.21. The van der Waals surface area contributed by atoms with Crippen LogP contribution in [0.5, 0.6) is 0 Å². The molecule has 0 saturated heterocycles. The first kappa shape index (κ1) is 13.2. The lowest BCUT2D eigenvalue weighted by atomic mass is 10.2. The smallest absolute Gasteiger partial charge is 0.266 e. The third-order valence-electron chi connectivity index (χ3n) is 2.71. The highest BCUT2D eigenvalue weighted by atomic mass is 16.4. The minimum Gasteiger partial charge on any atom is -0.418 e. The van der Waals surface area contributed by atoms with Gasteiger partial charge in [0.15, 0.2) is 0 Å². The molecule has 2 aromatic heterocycles. The fourth-order valence-electron chi connectivity index (χ4n) is 1.72. The van der Waals surface area contributed by atoms with Crippen molar-refractivity contribution in [1.29, 1.82) is 5.26 Å². The summed E-state index contributed by atoms with van der Waals surface area (Å²) in [6.45, 7) is 4.92. The van der Waals surface area contributed by atoms with Crippen molar-refractivity contribution in [3.05, 3.63) is 29.8 Å². The summed E-state index contributed by atoms with van der Waals surface area (Å²) in [7, 11) is 0. The molecule has 19 heavy (non-hydrogen) atoms. The highest BCUT2D eigenvalue weighted by Gasteiger charge is 2.17. The van der Waals surface area contributed by atoms with Crippen LogP contribution in [-0.4, -0.2) is 21.7 Å². The average molecular weight is 257 g/mol. The first-order chi connectivity index (χ1) is 9.28. The lowest BCUT2D eigenvalue weighted by molar-refractivity contribution is 0.401. The fraction of sp³-hybridized carbons (Fsp3) is 0.385. The van der Waals surface area contributed by atoms with E-state index in [1.54, 1.807) is 12.1 Å². The molecule has 0 radical (unpaired) electrons. The monoisotopic (exact) mass is 257 g/mol. The summed E-state index contributed by atoms with van der Waals surface area (Å²) < 4.78 is 5.62. The zero-order valence-electron chi connectivity index (χ0n) is 10.9. The van der Waals surface area contributed by atoms with Gasteiger partial charge in [0, 0.05) is 6.20 Å². The zero-order valence-corrected chi connectivity index (χ0v) is 10.9. The fourth-order valence-corrected chi connectivity index (χ4v) is 1.72. The molecule has 0 aliphatic rings. The van der Waals surface area contributed by atoms with Crippen molar-refractivity contribution in [1.82, 2.24) is 20.5 Å². The Balaban J connectivity index is 2.22. The summed E-state index contributed by atoms with van der Waals surface area (Å²) in [6.07, 6.45) is 2.36. The summed E-state index contributed by atoms with van der Waals surface area (Å²) in [5.74, 6) is 0.932. The molecule has 0 aliphatic heterocycles. The van der Waals surface area contributed by atoms with Gasteiger partial charge >= 0.3 is 0 Å². The zero-order chi connectivity index (χ0) is 13.7. The van der Waals surface area contributed by atoms with E-state index >= 15 is 0 Å². The van der Waals surface area contributed by atoms with Crippen LogP contribution in [0.1, 0.15) is 37.8 Å². The first-order valence-corrected chi connectivity index (χ1v) is 6.21. The lowest BCUT2D eigenvalue weighted by Crippen LogP contribution is -2.20. The number of rotatable bonds is 5. The van der Waals surface area contributed by atoms with Crippen molar-refractivity contribution in [3.8, 4) is 17.7 Å². The number of nitriles is 1. The van der Waals surface area contributed by atoms with E-state index in [9.17, 15) is 0 Å². The summed E-state index contributed by atoms with van der Waals surface area (Å²) in [5.41, 5.74) is 1.08. The quantitative estimate of drug-likeness (QED) is 0.882. The Kier molecular flexibility index (Phi) is 4.21. The Hall–Kier alpha value is -2.26. The minimum atomic E-state index is 0.0598. The van der Waals surface area contributed by atoms with Gasteiger partial charge in [-0.05, 0) is 25.1 Å². The van der Waals surface area contributed by atoms with Crippen molar-refractivity contribution in [2.45, 2.75) is 26.3 Å². The van der Waals surface area contributed by atoms with Crippen LogP contribution in [0, 0.1) is 11.3 Å². The van der Waals surface area contributed by atoms with Gasteiger partial charge in [0.05, 0.1) is 11.6 Å². The van der Waals surface area contributed by atoms with Crippen LogP contribution in [0.25, 0.3) is 11.6 Å². The molecule has 1 N–H and O–H groups in total. The van der Waals surface area contributed by atoms with Crippen molar-refractivity contribution < 1.29 is 4.42 Å². The molecule has 2 heterocycles. The topological polar surface area (TPSA) is 87.6 Å². The minimum absolute atomic E-state index is 0.0598. The second kappa shape index (κ2) is 6.07. The van der Waals surface area contributed by atoms with Crippen molar-refractivity contribution in [3.63, 3.8) is 0 Å². The highest BCUT2D eigenvalue weighted by Crippen LogP contribution is 2.20. The molecule has 6 nitrogen and oxygen atoms in total. The van der Waals surface area contributed by atoms with Crippen molar-refractivity contribution in [2.24, 2.45) is 0 Å². The standard InChI is InChI=1S/C13H15N5O/c1-3-10(15-4-2)12-17-18-13(19-12)11-6-5-9(7-14)8-16-11/h5-6,8,10,15H,3-4H2,1-2H3. The molecule has 0 spiro atoms. The molecule has 0 bridgehead atoms. The van der Waals surface area contributed by atoms with E-state index in [1.807, 2.05) is 13.0 Å². The van der Waals surface area contributed by atoms with Crippen LogP contribution in [0.3, 0.4) is 0 Å². The number of pyridine rings is 1. The Morgan fingerprint density at radius 3 is 2.79 bits per heavy atom. The average Bonchev–Trinajstić information content (AvgIpc) is 2.94. The molecule has 1 atom stereocenters. The molecule has 0 amide bonds. The van der Waals surface area contributed by atoms with E-state index in [1.165, 1.54) is 6.20 Å². The second-order valence-corrected chi connectivity index (χ2v) is 4.01. The Labute approximate surface area is 111 Å². The van der Waals surface area contributed by atoms with E-state index in [-0.39, 0.29) is 6.04 Å². The third kappa shape index (κ3) is 2.95. The summed E-state index contributed by atoms with van der Waals surface area (Å²) in [6, 6.07) is 5.45. The van der Waals surface area contributed by atoms with Gasteiger partial charge in [-0.1, -0.05) is 13.8 Å². The second-order valence-electron chi connectivity index (χ2n) is 4.01. The van der Waals surface area contributed by atoms with Gasteiger partial charge in [-0.2, -0.15) is 5.26 Å². The molecule has 98 valence electrons. The number of hydrogen-bond acceptors (Lipinski definition) is 6. The predicted octanol–water partition coefficient (Wildman–Crippen LogP) is 2.06. The molecule has 0 saturated carbocycles. The molecule has 1 unspecified atom stereocenters. The SMILES string of the molecule is CCNC(CC)c1nnc(-c2ccc(C#N)cn2)o1. The van der Waals surface area contributed by atoms with Crippen LogP contribution in [-0.2, 0) is 0 Å². The number of nitrogens with one attached hydrogen (secondary N) is 1. The van der Waals surface area contributed by atoms with E-state index in [0.717, 1.165) is 13.0 Å². The van der Waals surface area contributed by atoms with Gasteiger partial charge in [0.2, 0.25) is 5.89 Å². The van der Waals surface area contributed by atoms with E-state index in [0.29, 0.717) is 23.0 Å². The lowest BCUT2D eigenvalue weighted by Gasteiger charge is -2.09. The normalized spacial score (nSPS) is 12.1. The maximum atomic E-state index is 8.72. The van der Waals surface area contributed by atoms with Crippen molar-refractivity contribution >= 4 is 0 Å². The summed E-state index contributed by atoms with van der Waals surface area (Å²) in [4.78, 5) is 4.13. The van der Waals surface area contributed by atoms with E-state index < -0.39 is 0 Å². The Bertz CT molecular complexity index is 569. The van der Waals surface area contributed by atoms with E-state index in [4.69, 9.17) is 9.68 Å².